The summed E-state index contributed by atoms with van der Waals surface area (Å²) >= 11 is 0. The number of likely N-dealkylation sites (N-methyl/N-ethyl adjacent to an activating group) is 1. The molecule has 126 valence electrons. The molecule has 0 unspecified atom stereocenters. The minimum absolute atomic E-state index is 0.120. The molecule has 0 saturated carbocycles. The molecule has 0 aromatic carbocycles. The normalized spacial score (nSPS) is 18.2. The average Bonchev–Trinajstić information content (AvgIpc) is 2.54. The minimum atomic E-state index is 0.120. The Morgan fingerprint density at radius 3 is 2.52 bits per heavy atom. The van der Waals surface area contributed by atoms with E-state index in [0.717, 1.165) is 44.0 Å². The largest absolute Gasteiger partial charge is 0.367 e. The molecule has 0 radical (unpaired) electrons. The molecule has 0 spiro atoms. The second-order valence-corrected chi connectivity index (χ2v) is 7.17. The molecule has 0 aliphatic carbocycles. The Bertz CT molecular complexity index is 565. The van der Waals surface area contributed by atoms with Crippen molar-refractivity contribution >= 4 is 5.82 Å². The van der Waals surface area contributed by atoms with Gasteiger partial charge in [0.25, 0.3) is 0 Å². The summed E-state index contributed by atoms with van der Waals surface area (Å²) in [5.74, 6) is 1.08. The van der Waals surface area contributed by atoms with Crippen LogP contribution >= 0.6 is 0 Å². The van der Waals surface area contributed by atoms with Crippen molar-refractivity contribution in [3.8, 4) is 6.07 Å². The lowest BCUT2D eigenvalue weighted by Crippen LogP contribution is -2.55. The third kappa shape index (κ3) is 4.01. The SMILES string of the molecule is CC(C)c1ccc(C#N)c(NCC2(N(C)C)CCN(C)CC2)n1. The second-order valence-electron chi connectivity index (χ2n) is 7.17. The summed E-state index contributed by atoms with van der Waals surface area (Å²) in [7, 11) is 6.47. The number of rotatable bonds is 5. The van der Waals surface area contributed by atoms with Gasteiger partial charge in [0.05, 0.1) is 5.56 Å². The van der Waals surface area contributed by atoms with Crippen LogP contribution in [0.5, 0.6) is 0 Å². The molecule has 5 nitrogen and oxygen atoms in total. The molecule has 1 N–H and O–H groups in total. The highest BCUT2D eigenvalue weighted by molar-refractivity contribution is 5.52. The third-order valence-corrected chi connectivity index (χ3v) is 5.08. The molecule has 0 bridgehead atoms. The number of aromatic nitrogens is 1. The Morgan fingerprint density at radius 2 is 2.00 bits per heavy atom. The monoisotopic (exact) mass is 315 g/mol. The van der Waals surface area contributed by atoms with E-state index in [1.807, 2.05) is 12.1 Å². The fourth-order valence-electron chi connectivity index (χ4n) is 3.09. The van der Waals surface area contributed by atoms with Gasteiger partial charge in [0, 0.05) is 17.8 Å². The first-order valence-corrected chi connectivity index (χ1v) is 8.39. The number of likely N-dealkylation sites (tertiary alicyclic amines) is 1. The molecule has 1 aromatic rings. The lowest BCUT2D eigenvalue weighted by atomic mass is 9.86. The maximum atomic E-state index is 9.35. The predicted molar refractivity (Wildman–Crippen MR) is 94.7 cm³/mol. The van der Waals surface area contributed by atoms with Crippen molar-refractivity contribution < 1.29 is 0 Å². The van der Waals surface area contributed by atoms with E-state index >= 15 is 0 Å². The maximum absolute atomic E-state index is 9.35. The standard InChI is InChI=1S/C18H29N5/c1-14(2)16-7-6-15(12-19)17(21-16)20-13-18(22(3)4)8-10-23(5)11-9-18/h6-7,14H,8-11,13H2,1-5H3,(H,20,21). The van der Waals surface area contributed by atoms with Crippen molar-refractivity contribution in [3.63, 3.8) is 0 Å². The van der Waals surface area contributed by atoms with Crippen molar-refractivity contribution in [1.29, 1.82) is 5.26 Å². The van der Waals surface area contributed by atoms with Gasteiger partial charge in [0.2, 0.25) is 0 Å². The Morgan fingerprint density at radius 1 is 1.35 bits per heavy atom. The summed E-state index contributed by atoms with van der Waals surface area (Å²) < 4.78 is 0. The Hall–Kier alpha value is -1.64. The molecule has 1 aliphatic rings. The maximum Gasteiger partial charge on any atom is 0.144 e. The number of nitrogens with zero attached hydrogens (tertiary/aromatic N) is 4. The van der Waals surface area contributed by atoms with E-state index in [4.69, 9.17) is 0 Å². The number of pyridine rings is 1. The van der Waals surface area contributed by atoms with Gasteiger partial charge >= 0.3 is 0 Å². The van der Waals surface area contributed by atoms with Crippen LogP contribution in [0.2, 0.25) is 0 Å². The van der Waals surface area contributed by atoms with Crippen LogP contribution in [0.15, 0.2) is 12.1 Å². The zero-order valence-electron chi connectivity index (χ0n) is 15.1. The quantitative estimate of drug-likeness (QED) is 0.905. The smallest absolute Gasteiger partial charge is 0.144 e. The van der Waals surface area contributed by atoms with Crippen LogP contribution in [-0.2, 0) is 0 Å². The molecule has 1 saturated heterocycles. The van der Waals surface area contributed by atoms with Crippen LogP contribution in [-0.4, -0.2) is 61.1 Å². The average molecular weight is 315 g/mol. The van der Waals surface area contributed by atoms with Crippen molar-refractivity contribution in [1.82, 2.24) is 14.8 Å². The molecule has 1 aromatic heterocycles. The Labute approximate surface area is 140 Å². The molecule has 2 heterocycles. The van der Waals surface area contributed by atoms with E-state index in [1.54, 1.807) is 0 Å². The predicted octanol–water partition coefficient (Wildman–Crippen LogP) is 2.51. The highest BCUT2D eigenvalue weighted by Gasteiger charge is 2.35. The molecule has 2 rings (SSSR count). The van der Waals surface area contributed by atoms with E-state index in [1.165, 1.54) is 0 Å². The molecule has 0 atom stereocenters. The van der Waals surface area contributed by atoms with Gasteiger partial charge in [-0.2, -0.15) is 5.26 Å². The first-order chi connectivity index (χ1) is 10.9. The summed E-state index contributed by atoms with van der Waals surface area (Å²) in [5, 5.41) is 12.8. The van der Waals surface area contributed by atoms with Gasteiger partial charge in [-0.1, -0.05) is 13.8 Å². The fourth-order valence-corrected chi connectivity index (χ4v) is 3.09. The van der Waals surface area contributed by atoms with Gasteiger partial charge in [0.1, 0.15) is 11.9 Å². The van der Waals surface area contributed by atoms with Gasteiger partial charge in [-0.05, 0) is 65.1 Å². The van der Waals surface area contributed by atoms with Crippen molar-refractivity contribution in [2.75, 3.05) is 46.1 Å². The highest BCUT2D eigenvalue weighted by atomic mass is 15.2. The van der Waals surface area contributed by atoms with Gasteiger partial charge in [-0.25, -0.2) is 4.98 Å². The van der Waals surface area contributed by atoms with E-state index in [-0.39, 0.29) is 5.54 Å². The molecular weight excluding hydrogens is 286 g/mol. The van der Waals surface area contributed by atoms with E-state index in [9.17, 15) is 5.26 Å². The van der Waals surface area contributed by atoms with Gasteiger partial charge < -0.3 is 15.1 Å². The highest BCUT2D eigenvalue weighted by Crippen LogP contribution is 2.28. The third-order valence-electron chi connectivity index (χ3n) is 5.08. The molecular formula is C18H29N5. The first-order valence-electron chi connectivity index (χ1n) is 8.39. The van der Waals surface area contributed by atoms with Crippen molar-refractivity contribution in [2.24, 2.45) is 0 Å². The number of anilines is 1. The summed E-state index contributed by atoms with van der Waals surface area (Å²) in [6, 6.07) is 6.08. The molecule has 23 heavy (non-hydrogen) atoms. The minimum Gasteiger partial charge on any atom is -0.367 e. The van der Waals surface area contributed by atoms with Crippen LogP contribution < -0.4 is 5.32 Å². The summed E-state index contributed by atoms with van der Waals surface area (Å²) in [5.41, 5.74) is 1.76. The Balaban J connectivity index is 2.18. The summed E-state index contributed by atoms with van der Waals surface area (Å²) in [6.45, 7) is 7.26. The number of hydrogen-bond donors (Lipinski definition) is 1. The topological polar surface area (TPSA) is 55.2 Å². The summed E-state index contributed by atoms with van der Waals surface area (Å²) in [6.07, 6.45) is 2.24. The van der Waals surface area contributed by atoms with E-state index < -0.39 is 0 Å². The first kappa shape index (κ1) is 17.7. The van der Waals surface area contributed by atoms with E-state index in [0.29, 0.717) is 11.5 Å². The van der Waals surface area contributed by atoms with Crippen LogP contribution in [0.3, 0.4) is 0 Å². The van der Waals surface area contributed by atoms with Crippen molar-refractivity contribution in [2.45, 2.75) is 38.1 Å². The second kappa shape index (κ2) is 7.29. The van der Waals surface area contributed by atoms with Gasteiger partial charge in [0.15, 0.2) is 0 Å². The van der Waals surface area contributed by atoms with Crippen molar-refractivity contribution in [3.05, 3.63) is 23.4 Å². The zero-order valence-corrected chi connectivity index (χ0v) is 15.1. The molecule has 1 aliphatic heterocycles. The van der Waals surface area contributed by atoms with Crippen LogP contribution in [0.4, 0.5) is 5.82 Å². The summed E-state index contributed by atoms with van der Waals surface area (Å²) in [4.78, 5) is 9.37. The number of nitrogens with one attached hydrogen (secondary N) is 1. The molecule has 0 amide bonds. The Kier molecular flexibility index (Phi) is 5.61. The number of nitriles is 1. The molecule has 1 fully saturated rings. The molecule has 5 heteroatoms. The van der Waals surface area contributed by atoms with Crippen LogP contribution in [0.1, 0.15) is 43.9 Å². The fraction of sp³-hybridized carbons (Fsp3) is 0.667. The van der Waals surface area contributed by atoms with Crippen LogP contribution in [0, 0.1) is 11.3 Å². The van der Waals surface area contributed by atoms with Crippen LogP contribution in [0.25, 0.3) is 0 Å². The van der Waals surface area contributed by atoms with Gasteiger partial charge in [-0.3, -0.25) is 0 Å². The zero-order chi connectivity index (χ0) is 17.0. The lowest BCUT2D eigenvalue weighted by Gasteiger charge is -2.45. The number of hydrogen-bond acceptors (Lipinski definition) is 5. The van der Waals surface area contributed by atoms with E-state index in [2.05, 4.69) is 61.2 Å². The lowest BCUT2D eigenvalue weighted by molar-refractivity contribution is 0.0773. The van der Waals surface area contributed by atoms with Gasteiger partial charge in [-0.15, -0.1) is 0 Å². The number of piperidine rings is 1.